The third-order valence-electron chi connectivity index (χ3n) is 4.38. The Balaban J connectivity index is 1.79. The molecule has 0 bridgehead atoms. The summed E-state index contributed by atoms with van der Waals surface area (Å²) in [5.41, 5.74) is 0. The number of nitrogens with zero attached hydrogens (tertiary/aromatic N) is 2. The maximum absolute atomic E-state index is 12.1. The molecule has 0 aromatic carbocycles. The summed E-state index contributed by atoms with van der Waals surface area (Å²) in [5.74, 6) is 1.76. The zero-order valence-electron chi connectivity index (χ0n) is 12.7. The van der Waals surface area contributed by atoms with Crippen molar-refractivity contribution in [3.05, 3.63) is 0 Å². The van der Waals surface area contributed by atoms with Crippen LogP contribution < -0.4 is 5.32 Å². The average Bonchev–Trinajstić information content (AvgIpc) is 2.70. The van der Waals surface area contributed by atoms with Crippen LogP contribution in [0.1, 0.15) is 33.1 Å². The number of hydrogen-bond acceptors (Lipinski definition) is 3. The van der Waals surface area contributed by atoms with E-state index in [-0.39, 0.29) is 6.04 Å². The van der Waals surface area contributed by atoms with Crippen LogP contribution >= 0.6 is 0 Å². The van der Waals surface area contributed by atoms with Crippen LogP contribution in [0, 0.1) is 11.8 Å². The predicted octanol–water partition coefficient (Wildman–Crippen LogP) is 1.17. The van der Waals surface area contributed by atoms with Gasteiger partial charge >= 0.3 is 0 Å². The molecule has 0 aromatic heterocycles. The Morgan fingerprint density at radius 1 is 1.32 bits per heavy atom. The molecule has 1 amide bonds. The van der Waals surface area contributed by atoms with E-state index in [1.807, 2.05) is 11.9 Å². The maximum Gasteiger partial charge on any atom is 0.239 e. The molecule has 2 aliphatic rings. The van der Waals surface area contributed by atoms with Gasteiger partial charge in [-0.1, -0.05) is 13.8 Å². The molecule has 19 heavy (non-hydrogen) atoms. The van der Waals surface area contributed by atoms with E-state index in [0.717, 1.165) is 39.1 Å². The van der Waals surface area contributed by atoms with E-state index in [9.17, 15) is 4.79 Å². The van der Waals surface area contributed by atoms with E-state index >= 15 is 0 Å². The van der Waals surface area contributed by atoms with Crippen molar-refractivity contribution in [1.29, 1.82) is 0 Å². The number of nitrogens with one attached hydrogen (secondary N) is 1. The molecule has 0 aliphatic carbocycles. The summed E-state index contributed by atoms with van der Waals surface area (Å²) >= 11 is 0. The highest BCUT2D eigenvalue weighted by atomic mass is 16.2. The number of piperidine rings is 1. The van der Waals surface area contributed by atoms with Gasteiger partial charge in [-0.15, -0.1) is 0 Å². The molecule has 2 unspecified atom stereocenters. The van der Waals surface area contributed by atoms with Gasteiger partial charge in [-0.25, -0.2) is 0 Å². The Labute approximate surface area is 117 Å². The van der Waals surface area contributed by atoms with Gasteiger partial charge in [-0.05, 0) is 50.7 Å². The van der Waals surface area contributed by atoms with Crippen LogP contribution in [0.3, 0.4) is 0 Å². The Kier molecular flexibility index (Phi) is 5.22. The third kappa shape index (κ3) is 3.93. The van der Waals surface area contributed by atoms with Gasteiger partial charge in [-0.3, -0.25) is 9.69 Å². The second-order valence-corrected chi connectivity index (χ2v) is 6.62. The molecule has 4 nitrogen and oxygen atoms in total. The monoisotopic (exact) mass is 267 g/mol. The molecule has 0 spiro atoms. The minimum atomic E-state index is 0.165. The second-order valence-electron chi connectivity index (χ2n) is 6.62. The molecule has 4 heteroatoms. The van der Waals surface area contributed by atoms with E-state index in [0.29, 0.717) is 17.7 Å². The molecule has 2 saturated heterocycles. The van der Waals surface area contributed by atoms with Crippen molar-refractivity contribution in [3.8, 4) is 0 Å². The van der Waals surface area contributed by atoms with Crippen LogP contribution in [-0.4, -0.2) is 61.5 Å². The van der Waals surface area contributed by atoms with Crippen LogP contribution in [0.5, 0.6) is 0 Å². The molecule has 1 N–H and O–H groups in total. The highest BCUT2D eigenvalue weighted by Crippen LogP contribution is 2.23. The third-order valence-corrected chi connectivity index (χ3v) is 4.38. The highest BCUT2D eigenvalue weighted by molar-refractivity contribution is 5.83. The Bertz CT molecular complexity index is 306. The Hall–Kier alpha value is -0.610. The van der Waals surface area contributed by atoms with E-state index < -0.39 is 0 Å². The van der Waals surface area contributed by atoms with Gasteiger partial charge in [0.1, 0.15) is 0 Å². The van der Waals surface area contributed by atoms with E-state index in [4.69, 9.17) is 0 Å². The molecule has 2 fully saturated rings. The lowest BCUT2D eigenvalue weighted by atomic mass is 9.96. The lowest BCUT2D eigenvalue weighted by Gasteiger charge is -2.36. The van der Waals surface area contributed by atoms with Gasteiger partial charge in [0.25, 0.3) is 0 Å². The highest BCUT2D eigenvalue weighted by Gasteiger charge is 2.35. The van der Waals surface area contributed by atoms with Crippen LogP contribution in [0.4, 0.5) is 0 Å². The van der Waals surface area contributed by atoms with Crippen molar-refractivity contribution in [2.24, 2.45) is 11.8 Å². The molecule has 2 heterocycles. The molecule has 0 radical (unpaired) electrons. The van der Waals surface area contributed by atoms with Crippen molar-refractivity contribution in [3.63, 3.8) is 0 Å². The molecular formula is C15H29N3O. The zero-order chi connectivity index (χ0) is 13.8. The van der Waals surface area contributed by atoms with Crippen LogP contribution in [0.25, 0.3) is 0 Å². The summed E-state index contributed by atoms with van der Waals surface area (Å²) in [7, 11) is 1.92. The fourth-order valence-corrected chi connectivity index (χ4v) is 3.27. The Morgan fingerprint density at radius 3 is 2.74 bits per heavy atom. The van der Waals surface area contributed by atoms with Gasteiger partial charge in [0, 0.05) is 20.1 Å². The number of likely N-dealkylation sites (tertiary alicyclic amines) is 2. The Morgan fingerprint density at radius 2 is 2.11 bits per heavy atom. The van der Waals surface area contributed by atoms with Crippen molar-refractivity contribution < 1.29 is 4.79 Å². The first kappa shape index (κ1) is 14.8. The van der Waals surface area contributed by atoms with E-state index in [1.165, 1.54) is 12.8 Å². The number of carbonyl (C=O) groups excluding carboxylic acids is 1. The first-order valence-electron chi connectivity index (χ1n) is 7.77. The fourth-order valence-electron chi connectivity index (χ4n) is 3.27. The lowest BCUT2D eigenvalue weighted by Crippen LogP contribution is -2.48. The van der Waals surface area contributed by atoms with Crippen LogP contribution in [0.15, 0.2) is 0 Å². The van der Waals surface area contributed by atoms with Gasteiger partial charge in [0.05, 0.1) is 6.04 Å². The first-order chi connectivity index (χ1) is 9.08. The van der Waals surface area contributed by atoms with Gasteiger partial charge in [0.2, 0.25) is 5.91 Å². The largest absolute Gasteiger partial charge is 0.344 e. The molecule has 2 atom stereocenters. The molecule has 0 saturated carbocycles. The molecular weight excluding hydrogens is 238 g/mol. The number of amides is 1. The zero-order valence-corrected chi connectivity index (χ0v) is 12.7. The smallest absolute Gasteiger partial charge is 0.239 e. The second kappa shape index (κ2) is 6.71. The lowest BCUT2D eigenvalue weighted by molar-refractivity contribution is -0.131. The topological polar surface area (TPSA) is 35.6 Å². The standard InChI is InChI=1S/C15H29N3O/c1-12(2)9-16-10-13-5-4-7-18(11-13)14-6-8-17(3)15(14)19/h12-14,16H,4-11H2,1-3H3. The number of hydrogen-bond donors (Lipinski definition) is 1. The summed E-state index contributed by atoms with van der Waals surface area (Å²) in [5, 5.41) is 3.56. The van der Waals surface area contributed by atoms with Crippen LogP contribution in [-0.2, 0) is 4.79 Å². The number of rotatable bonds is 5. The van der Waals surface area contributed by atoms with Crippen molar-refractivity contribution in [2.75, 3.05) is 39.8 Å². The number of likely N-dealkylation sites (N-methyl/N-ethyl adjacent to an activating group) is 1. The normalized spacial score (nSPS) is 29.5. The van der Waals surface area contributed by atoms with Crippen molar-refractivity contribution in [1.82, 2.24) is 15.1 Å². The van der Waals surface area contributed by atoms with Crippen molar-refractivity contribution in [2.45, 2.75) is 39.2 Å². The van der Waals surface area contributed by atoms with Gasteiger partial charge in [0.15, 0.2) is 0 Å². The van der Waals surface area contributed by atoms with Gasteiger partial charge < -0.3 is 10.2 Å². The van der Waals surface area contributed by atoms with Crippen molar-refractivity contribution >= 4 is 5.91 Å². The summed E-state index contributed by atoms with van der Waals surface area (Å²) < 4.78 is 0. The number of carbonyl (C=O) groups is 1. The van der Waals surface area contributed by atoms with Crippen LogP contribution in [0.2, 0.25) is 0 Å². The maximum atomic E-state index is 12.1. The average molecular weight is 267 g/mol. The minimum Gasteiger partial charge on any atom is -0.344 e. The summed E-state index contributed by atoms with van der Waals surface area (Å²) in [4.78, 5) is 16.4. The summed E-state index contributed by atoms with van der Waals surface area (Å²) in [6.07, 6.45) is 3.56. The fraction of sp³-hybridized carbons (Fsp3) is 0.933. The molecule has 110 valence electrons. The van der Waals surface area contributed by atoms with E-state index in [1.54, 1.807) is 0 Å². The summed E-state index contributed by atoms with van der Waals surface area (Å²) in [6.45, 7) is 9.81. The predicted molar refractivity (Wildman–Crippen MR) is 78.0 cm³/mol. The summed E-state index contributed by atoms with van der Waals surface area (Å²) in [6, 6.07) is 0.165. The molecule has 0 aromatic rings. The minimum absolute atomic E-state index is 0.165. The van der Waals surface area contributed by atoms with E-state index in [2.05, 4.69) is 24.1 Å². The quantitative estimate of drug-likeness (QED) is 0.812. The SMILES string of the molecule is CC(C)CNCC1CCCN(C2CCN(C)C2=O)C1. The molecule has 2 rings (SSSR count). The van der Waals surface area contributed by atoms with Gasteiger partial charge in [-0.2, -0.15) is 0 Å². The first-order valence-corrected chi connectivity index (χ1v) is 7.77. The molecule has 2 aliphatic heterocycles.